The molecule has 0 radical (unpaired) electrons. The number of hydrogen-bond donors (Lipinski definition) is 2. The zero-order valence-electron chi connectivity index (χ0n) is 19.4. The van der Waals surface area contributed by atoms with Crippen LogP contribution in [0.2, 0.25) is 0 Å². The van der Waals surface area contributed by atoms with Crippen molar-refractivity contribution in [3.63, 3.8) is 0 Å². The summed E-state index contributed by atoms with van der Waals surface area (Å²) in [6, 6.07) is 19.2. The first-order chi connectivity index (χ1) is 16.6. The first-order valence-electron chi connectivity index (χ1n) is 11.2. The number of amides is 2. The van der Waals surface area contributed by atoms with Crippen LogP contribution in [-0.2, 0) is 14.3 Å². The number of fused-ring (bicyclic) bond motifs is 1. The molecule has 34 heavy (non-hydrogen) atoms. The highest BCUT2D eigenvalue weighted by Crippen LogP contribution is 2.30. The molecule has 1 fully saturated rings. The molecule has 0 spiro atoms. The fraction of sp³-hybridized carbons (Fsp3) is 0.308. The Bertz CT molecular complexity index is 1150. The maximum absolute atomic E-state index is 12.7. The summed E-state index contributed by atoms with van der Waals surface area (Å²) in [4.78, 5) is 27.6. The largest absolute Gasteiger partial charge is 0.497 e. The molecule has 1 aliphatic rings. The van der Waals surface area contributed by atoms with Crippen LogP contribution in [0.1, 0.15) is 11.6 Å². The molecule has 4 rings (SSSR count). The van der Waals surface area contributed by atoms with Crippen LogP contribution in [0.15, 0.2) is 60.7 Å². The molecular formula is C26H29N3O5. The predicted molar refractivity (Wildman–Crippen MR) is 130 cm³/mol. The minimum atomic E-state index is -0.762. The van der Waals surface area contributed by atoms with Crippen LogP contribution in [0.3, 0.4) is 0 Å². The molecule has 0 bridgehead atoms. The molecule has 1 saturated heterocycles. The number of ether oxygens (including phenoxy) is 3. The van der Waals surface area contributed by atoms with Gasteiger partial charge in [0.1, 0.15) is 11.5 Å². The van der Waals surface area contributed by atoms with Gasteiger partial charge in [0.2, 0.25) is 0 Å². The molecule has 2 amide bonds. The number of carbonyl (C=O) groups excluding carboxylic acids is 2. The molecule has 3 aromatic rings. The number of methoxy groups -OCH3 is 2. The number of morpholine rings is 1. The Kier molecular flexibility index (Phi) is 7.61. The van der Waals surface area contributed by atoms with E-state index < -0.39 is 11.8 Å². The summed E-state index contributed by atoms with van der Waals surface area (Å²) in [5.41, 5.74) is 1.50. The van der Waals surface area contributed by atoms with E-state index in [0.717, 1.165) is 29.4 Å². The Balaban J connectivity index is 1.50. The SMILES string of the molecule is COc1ccc(NC(=O)C(=O)NCC(c2cccc3ccccc23)N2CCOCC2)c(OC)c1. The Morgan fingerprint density at radius 3 is 2.50 bits per heavy atom. The van der Waals surface area contributed by atoms with Gasteiger partial charge in [0.25, 0.3) is 0 Å². The second-order valence-electron chi connectivity index (χ2n) is 7.96. The van der Waals surface area contributed by atoms with E-state index in [2.05, 4.69) is 39.8 Å². The quantitative estimate of drug-likeness (QED) is 0.524. The summed E-state index contributed by atoms with van der Waals surface area (Å²) in [5.74, 6) is -0.483. The van der Waals surface area contributed by atoms with Gasteiger partial charge in [0, 0.05) is 25.7 Å². The minimum Gasteiger partial charge on any atom is -0.497 e. The standard InChI is InChI=1S/C26H29N3O5/c1-32-19-10-11-22(24(16-19)33-2)28-26(31)25(30)27-17-23(29-12-14-34-15-13-29)21-9-5-7-18-6-3-4-8-20(18)21/h3-11,16,23H,12-15,17H2,1-2H3,(H,27,30)(H,28,31). The van der Waals surface area contributed by atoms with Crippen molar-refractivity contribution in [2.45, 2.75) is 6.04 Å². The average molecular weight is 464 g/mol. The number of anilines is 1. The Morgan fingerprint density at radius 2 is 1.74 bits per heavy atom. The highest BCUT2D eigenvalue weighted by Gasteiger charge is 2.26. The third kappa shape index (κ3) is 5.30. The molecule has 2 N–H and O–H groups in total. The lowest BCUT2D eigenvalue weighted by Crippen LogP contribution is -2.45. The minimum absolute atomic E-state index is 0.0951. The van der Waals surface area contributed by atoms with Crippen molar-refractivity contribution >= 4 is 28.3 Å². The van der Waals surface area contributed by atoms with Gasteiger partial charge in [-0.1, -0.05) is 42.5 Å². The van der Waals surface area contributed by atoms with E-state index in [4.69, 9.17) is 14.2 Å². The van der Waals surface area contributed by atoms with Crippen molar-refractivity contribution in [1.29, 1.82) is 0 Å². The van der Waals surface area contributed by atoms with Crippen molar-refractivity contribution < 1.29 is 23.8 Å². The number of carbonyl (C=O) groups is 2. The monoisotopic (exact) mass is 463 g/mol. The molecule has 0 aromatic heterocycles. The summed E-state index contributed by atoms with van der Waals surface area (Å²) < 4.78 is 16.0. The second-order valence-corrected chi connectivity index (χ2v) is 7.96. The predicted octanol–water partition coefficient (Wildman–Crippen LogP) is 2.99. The smallest absolute Gasteiger partial charge is 0.313 e. The third-order valence-corrected chi connectivity index (χ3v) is 5.99. The van der Waals surface area contributed by atoms with Gasteiger partial charge in [-0.2, -0.15) is 0 Å². The van der Waals surface area contributed by atoms with Crippen LogP contribution < -0.4 is 20.1 Å². The summed E-state index contributed by atoms with van der Waals surface area (Å²) in [6.07, 6.45) is 0. The van der Waals surface area contributed by atoms with Crippen LogP contribution in [0.25, 0.3) is 10.8 Å². The normalized spacial score (nSPS) is 14.9. The first-order valence-corrected chi connectivity index (χ1v) is 11.2. The molecule has 1 atom stereocenters. The van der Waals surface area contributed by atoms with Crippen LogP contribution in [0.5, 0.6) is 11.5 Å². The van der Waals surface area contributed by atoms with E-state index in [1.54, 1.807) is 25.3 Å². The van der Waals surface area contributed by atoms with Gasteiger partial charge in [0.15, 0.2) is 0 Å². The fourth-order valence-corrected chi connectivity index (χ4v) is 4.22. The molecule has 1 unspecified atom stereocenters. The van der Waals surface area contributed by atoms with Gasteiger partial charge < -0.3 is 24.8 Å². The van der Waals surface area contributed by atoms with E-state index in [-0.39, 0.29) is 6.04 Å². The molecular weight excluding hydrogens is 434 g/mol. The highest BCUT2D eigenvalue weighted by molar-refractivity contribution is 6.39. The van der Waals surface area contributed by atoms with E-state index >= 15 is 0 Å². The maximum Gasteiger partial charge on any atom is 0.313 e. The third-order valence-electron chi connectivity index (χ3n) is 5.99. The van der Waals surface area contributed by atoms with Crippen molar-refractivity contribution in [2.24, 2.45) is 0 Å². The molecule has 178 valence electrons. The number of nitrogens with one attached hydrogen (secondary N) is 2. The van der Waals surface area contributed by atoms with Crippen molar-refractivity contribution in [2.75, 3.05) is 52.4 Å². The van der Waals surface area contributed by atoms with Crippen LogP contribution in [0, 0.1) is 0 Å². The zero-order chi connectivity index (χ0) is 23.9. The van der Waals surface area contributed by atoms with Crippen molar-refractivity contribution in [3.8, 4) is 11.5 Å². The van der Waals surface area contributed by atoms with Crippen molar-refractivity contribution in [1.82, 2.24) is 10.2 Å². The number of nitrogens with zero attached hydrogens (tertiary/aromatic N) is 1. The lowest BCUT2D eigenvalue weighted by Gasteiger charge is -2.35. The van der Waals surface area contributed by atoms with Crippen LogP contribution in [0.4, 0.5) is 5.69 Å². The number of rotatable bonds is 7. The molecule has 3 aromatic carbocycles. The summed E-state index contributed by atoms with van der Waals surface area (Å²) in [7, 11) is 3.03. The zero-order valence-corrected chi connectivity index (χ0v) is 19.4. The van der Waals surface area contributed by atoms with E-state index in [9.17, 15) is 9.59 Å². The summed E-state index contributed by atoms with van der Waals surface area (Å²) in [5, 5.41) is 7.71. The molecule has 0 aliphatic carbocycles. The van der Waals surface area contributed by atoms with Crippen LogP contribution in [-0.4, -0.2) is 63.8 Å². The lowest BCUT2D eigenvalue weighted by molar-refractivity contribution is -0.136. The van der Waals surface area contributed by atoms with Gasteiger partial charge in [-0.15, -0.1) is 0 Å². The number of benzene rings is 3. The first kappa shape index (κ1) is 23.5. The van der Waals surface area contributed by atoms with E-state index in [1.807, 2.05) is 18.2 Å². The Labute approximate surface area is 198 Å². The van der Waals surface area contributed by atoms with Gasteiger partial charge in [-0.25, -0.2) is 0 Å². The second kappa shape index (κ2) is 11.0. The van der Waals surface area contributed by atoms with Crippen molar-refractivity contribution in [3.05, 3.63) is 66.2 Å². The van der Waals surface area contributed by atoms with E-state index in [1.165, 1.54) is 7.11 Å². The topological polar surface area (TPSA) is 89.1 Å². The molecule has 1 heterocycles. The number of hydrogen-bond acceptors (Lipinski definition) is 6. The van der Waals surface area contributed by atoms with Gasteiger partial charge in [-0.3, -0.25) is 14.5 Å². The average Bonchev–Trinajstić information content (AvgIpc) is 2.89. The van der Waals surface area contributed by atoms with E-state index in [0.29, 0.717) is 36.9 Å². The Hall–Kier alpha value is -3.62. The van der Waals surface area contributed by atoms with Gasteiger partial charge in [-0.05, 0) is 28.5 Å². The summed E-state index contributed by atoms with van der Waals surface area (Å²) >= 11 is 0. The molecule has 8 heteroatoms. The van der Waals surface area contributed by atoms with Crippen LogP contribution >= 0.6 is 0 Å². The molecule has 8 nitrogen and oxygen atoms in total. The van der Waals surface area contributed by atoms with Gasteiger partial charge in [0.05, 0.1) is 39.2 Å². The molecule has 0 saturated carbocycles. The fourth-order valence-electron chi connectivity index (χ4n) is 4.22. The Morgan fingerprint density at radius 1 is 0.971 bits per heavy atom. The highest BCUT2D eigenvalue weighted by atomic mass is 16.5. The lowest BCUT2D eigenvalue weighted by atomic mass is 9.97. The molecule has 1 aliphatic heterocycles. The maximum atomic E-state index is 12.7. The van der Waals surface area contributed by atoms with Gasteiger partial charge >= 0.3 is 11.8 Å². The summed E-state index contributed by atoms with van der Waals surface area (Å²) in [6.45, 7) is 3.05.